The van der Waals surface area contributed by atoms with E-state index in [4.69, 9.17) is 0 Å². The molecule has 146 valence electrons. The van der Waals surface area contributed by atoms with E-state index in [-0.39, 0.29) is 17.5 Å². The Bertz CT molecular complexity index is 1010. The van der Waals surface area contributed by atoms with Gasteiger partial charge in [-0.25, -0.2) is 4.98 Å². The van der Waals surface area contributed by atoms with Crippen molar-refractivity contribution in [2.75, 3.05) is 6.54 Å². The van der Waals surface area contributed by atoms with Gasteiger partial charge in [0.15, 0.2) is 0 Å². The molecule has 1 amide bonds. The predicted octanol–water partition coefficient (Wildman–Crippen LogP) is 4.03. The molecule has 1 aromatic carbocycles. The van der Waals surface area contributed by atoms with Crippen LogP contribution < -0.4 is 5.56 Å². The fourth-order valence-corrected chi connectivity index (χ4v) is 5.09. The van der Waals surface area contributed by atoms with E-state index >= 15 is 0 Å². The molecule has 0 spiro atoms. The molecule has 6 heteroatoms. The standard InChI is InChI=1S/C22H25N3O2S/c1-2-17(16-7-4-3-5-8-16)19-9-6-12-25(19)20(26)10-13-24-15-23-21-18(22(24)27)11-14-28-21/h3-5,7-8,11,14-15,17,19H,2,6,9-10,12-13H2,1H3/t17-,19+/m0/s1. The average molecular weight is 396 g/mol. The smallest absolute Gasteiger partial charge is 0.262 e. The lowest BCUT2D eigenvalue weighted by molar-refractivity contribution is -0.132. The monoisotopic (exact) mass is 395 g/mol. The normalized spacial score (nSPS) is 17.9. The molecule has 2 aromatic heterocycles. The molecule has 3 heterocycles. The molecular formula is C22H25N3O2S. The number of nitrogens with zero attached hydrogens (tertiary/aromatic N) is 3. The molecule has 1 saturated heterocycles. The van der Waals surface area contributed by atoms with E-state index in [1.165, 1.54) is 16.9 Å². The van der Waals surface area contributed by atoms with Gasteiger partial charge in [0.25, 0.3) is 5.56 Å². The zero-order valence-corrected chi connectivity index (χ0v) is 16.9. The summed E-state index contributed by atoms with van der Waals surface area (Å²) in [6.07, 6.45) is 4.99. The van der Waals surface area contributed by atoms with E-state index < -0.39 is 0 Å². The van der Waals surface area contributed by atoms with Gasteiger partial charge in [0.1, 0.15) is 4.83 Å². The number of amides is 1. The van der Waals surface area contributed by atoms with Crippen LogP contribution in [0.1, 0.15) is 44.1 Å². The van der Waals surface area contributed by atoms with Crippen LogP contribution in [0.25, 0.3) is 10.2 Å². The quantitative estimate of drug-likeness (QED) is 0.633. The first kappa shape index (κ1) is 18.9. The molecule has 0 N–H and O–H groups in total. The summed E-state index contributed by atoms with van der Waals surface area (Å²) >= 11 is 1.46. The SMILES string of the molecule is CC[C@@H](c1ccccc1)[C@H]1CCCN1C(=O)CCn1cnc2sccc2c1=O. The van der Waals surface area contributed by atoms with E-state index in [9.17, 15) is 9.59 Å². The molecule has 0 unspecified atom stereocenters. The summed E-state index contributed by atoms with van der Waals surface area (Å²) in [5, 5.41) is 2.51. The minimum atomic E-state index is -0.0623. The third kappa shape index (κ3) is 3.61. The van der Waals surface area contributed by atoms with Gasteiger partial charge in [0.05, 0.1) is 11.7 Å². The Morgan fingerprint density at radius 1 is 1.29 bits per heavy atom. The molecule has 4 rings (SSSR count). The summed E-state index contributed by atoms with van der Waals surface area (Å²) < 4.78 is 1.56. The number of likely N-dealkylation sites (tertiary alicyclic amines) is 1. The Morgan fingerprint density at radius 2 is 2.11 bits per heavy atom. The van der Waals surface area contributed by atoms with Crippen LogP contribution in [0.3, 0.4) is 0 Å². The molecule has 1 aliphatic rings. The first-order valence-corrected chi connectivity index (χ1v) is 10.8. The largest absolute Gasteiger partial charge is 0.339 e. The maximum absolute atomic E-state index is 13.0. The highest BCUT2D eigenvalue weighted by Gasteiger charge is 2.34. The number of aromatic nitrogens is 2. The fourth-order valence-electron chi connectivity index (χ4n) is 4.36. The van der Waals surface area contributed by atoms with Crippen LogP contribution in [0.15, 0.2) is 52.9 Å². The Kier molecular flexibility index (Phi) is 5.57. The number of hydrogen-bond acceptors (Lipinski definition) is 4. The van der Waals surface area contributed by atoms with E-state index in [0.717, 1.165) is 30.6 Å². The molecule has 0 radical (unpaired) electrons. The first-order chi connectivity index (χ1) is 13.7. The van der Waals surface area contributed by atoms with Crippen LogP contribution in [-0.4, -0.2) is 32.9 Å². The maximum Gasteiger partial charge on any atom is 0.262 e. The van der Waals surface area contributed by atoms with Crippen molar-refractivity contribution in [2.45, 2.75) is 51.1 Å². The van der Waals surface area contributed by atoms with Gasteiger partial charge in [-0.2, -0.15) is 0 Å². The number of aryl methyl sites for hydroxylation is 1. The van der Waals surface area contributed by atoms with E-state index in [1.54, 1.807) is 17.0 Å². The zero-order chi connectivity index (χ0) is 19.5. The number of rotatable bonds is 6. The first-order valence-electron chi connectivity index (χ1n) is 9.96. The Balaban J connectivity index is 1.47. The van der Waals surface area contributed by atoms with Gasteiger partial charge >= 0.3 is 0 Å². The highest BCUT2D eigenvalue weighted by molar-refractivity contribution is 7.16. The minimum Gasteiger partial charge on any atom is -0.339 e. The summed E-state index contributed by atoms with van der Waals surface area (Å²) in [4.78, 5) is 32.7. The molecule has 0 saturated carbocycles. The third-order valence-corrected chi connectivity index (χ3v) is 6.59. The van der Waals surface area contributed by atoms with Gasteiger partial charge in [-0.1, -0.05) is 37.3 Å². The Labute approximate surface area is 168 Å². The van der Waals surface area contributed by atoms with E-state index in [0.29, 0.717) is 24.3 Å². The fraction of sp³-hybridized carbons (Fsp3) is 0.409. The molecule has 1 fully saturated rings. The van der Waals surface area contributed by atoms with Crippen LogP contribution in [0.2, 0.25) is 0 Å². The van der Waals surface area contributed by atoms with Crippen molar-refractivity contribution >= 4 is 27.5 Å². The number of carbonyl (C=O) groups is 1. The van der Waals surface area contributed by atoms with Gasteiger partial charge in [-0.3, -0.25) is 14.2 Å². The van der Waals surface area contributed by atoms with E-state index in [1.807, 2.05) is 16.3 Å². The second-order valence-electron chi connectivity index (χ2n) is 7.35. The number of fused-ring (bicyclic) bond motifs is 1. The van der Waals surface area contributed by atoms with Crippen molar-refractivity contribution in [1.29, 1.82) is 0 Å². The maximum atomic E-state index is 13.0. The zero-order valence-electron chi connectivity index (χ0n) is 16.1. The summed E-state index contributed by atoms with van der Waals surface area (Å²) in [5.74, 6) is 0.494. The van der Waals surface area contributed by atoms with Crippen LogP contribution in [-0.2, 0) is 11.3 Å². The molecule has 2 atom stereocenters. The van der Waals surface area contributed by atoms with Gasteiger partial charge in [0.2, 0.25) is 5.91 Å². The Morgan fingerprint density at radius 3 is 2.89 bits per heavy atom. The minimum absolute atomic E-state index is 0.0623. The van der Waals surface area contributed by atoms with Crippen molar-refractivity contribution in [1.82, 2.24) is 14.5 Å². The predicted molar refractivity (Wildman–Crippen MR) is 113 cm³/mol. The number of hydrogen-bond donors (Lipinski definition) is 0. The van der Waals surface area contributed by atoms with Crippen molar-refractivity contribution in [3.63, 3.8) is 0 Å². The number of benzene rings is 1. The van der Waals surface area contributed by atoms with Gasteiger partial charge in [-0.05, 0) is 36.3 Å². The second-order valence-corrected chi connectivity index (χ2v) is 8.25. The molecular weight excluding hydrogens is 370 g/mol. The van der Waals surface area contributed by atoms with Crippen LogP contribution in [0.5, 0.6) is 0 Å². The summed E-state index contributed by atoms with van der Waals surface area (Å²) in [7, 11) is 0. The average Bonchev–Trinajstić information content (AvgIpc) is 3.39. The second kappa shape index (κ2) is 8.27. The Hall–Kier alpha value is -2.47. The molecule has 0 aliphatic carbocycles. The molecule has 3 aromatic rings. The summed E-state index contributed by atoms with van der Waals surface area (Å²) in [6, 6.07) is 12.5. The lowest BCUT2D eigenvalue weighted by Crippen LogP contribution is -2.39. The van der Waals surface area contributed by atoms with Crippen molar-refractivity contribution in [2.24, 2.45) is 0 Å². The molecule has 5 nitrogen and oxygen atoms in total. The summed E-state index contributed by atoms with van der Waals surface area (Å²) in [5.41, 5.74) is 1.24. The van der Waals surface area contributed by atoms with Crippen LogP contribution >= 0.6 is 11.3 Å². The molecule has 1 aliphatic heterocycles. The van der Waals surface area contributed by atoms with Gasteiger partial charge in [0, 0.05) is 31.5 Å². The highest BCUT2D eigenvalue weighted by atomic mass is 32.1. The van der Waals surface area contributed by atoms with Crippen molar-refractivity contribution in [3.8, 4) is 0 Å². The summed E-state index contributed by atoms with van der Waals surface area (Å²) in [6.45, 7) is 3.38. The van der Waals surface area contributed by atoms with Crippen molar-refractivity contribution in [3.05, 3.63) is 64.0 Å². The van der Waals surface area contributed by atoms with E-state index in [2.05, 4.69) is 36.2 Å². The van der Waals surface area contributed by atoms with Crippen LogP contribution in [0, 0.1) is 0 Å². The lowest BCUT2D eigenvalue weighted by Gasteiger charge is -2.32. The van der Waals surface area contributed by atoms with Crippen LogP contribution in [0.4, 0.5) is 0 Å². The van der Waals surface area contributed by atoms with Gasteiger partial charge in [-0.15, -0.1) is 11.3 Å². The molecule has 0 bridgehead atoms. The number of carbonyl (C=O) groups excluding carboxylic acids is 1. The third-order valence-electron chi connectivity index (χ3n) is 5.77. The lowest BCUT2D eigenvalue weighted by atomic mass is 9.87. The number of thiophene rings is 1. The topological polar surface area (TPSA) is 55.2 Å². The van der Waals surface area contributed by atoms with Gasteiger partial charge < -0.3 is 4.90 Å². The highest BCUT2D eigenvalue weighted by Crippen LogP contribution is 2.33. The molecule has 28 heavy (non-hydrogen) atoms. The van der Waals surface area contributed by atoms with Crippen molar-refractivity contribution < 1.29 is 4.79 Å².